The van der Waals surface area contributed by atoms with Crippen LogP contribution in [0.15, 0.2) is 36.9 Å². The maximum atomic E-state index is 6.16. The summed E-state index contributed by atoms with van der Waals surface area (Å²) < 4.78 is 0. The van der Waals surface area contributed by atoms with Crippen molar-refractivity contribution in [3.63, 3.8) is 0 Å². The average molecular weight is 197 g/mol. The molecule has 1 atom stereocenters. The highest BCUT2D eigenvalue weighted by Gasteiger charge is 2.06. The highest BCUT2D eigenvalue weighted by Crippen LogP contribution is 2.21. The van der Waals surface area contributed by atoms with Gasteiger partial charge in [0.1, 0.15) is 0 Å². The van der Waals surface area contributed by atoms with Crippen molar-refractivity contribution in [2.45, 2.75) is 11.8 Å². The fourth-order valence-corrected chi connectivity index (χ4v) is 2.47. The molecule has 0 saturated carbocycles. The van der Waals surface area contributed by atoms with Crippen molar-refractivity contribution < 1.29 is 0 Å². The van der Waals surface area contributed by atoms with Crippen LogP contribution in [0.5, 0.6) is 0 Å². The van der Waals surface area contributed by atoms with Crippen molar-refractivity contribution in [1.29, 1.82) is 0 Å². The third-order valence-corrected chi connectivity index (χ3v) is 3.22. The molecule has 0 bridgehead atoms. The van der Waals surface area contributed by atoms with E-state index in [4.69, 9.17) is 11.6 Å². The van der Waals surface area contributed by atoms with Crippen LogP contribution in [0.1, 0.15) is 17.4 Å². The van der Waals surface area contributed by atoms with E-state index in [0.29, 0.717) is 0 Å². The summed E-state index contributed by atoms with van der Waals surface area (Å²) in [6, 6.07) is 8.34. The molecular formula is C10H13ClSi. The highest BCUT2D eigenvalue weighted by atomic mass is 35.5. The molecule has 12 heavy (non-hydrogen) atoms. The van der Waals surface area contributed by atoms with E-state index in [1.54, 1.807) is 0 Å². The highest BCUT2D eigenvalue weighted by molar-refractivity contribution is 6.34. The Labute approximate surface area is 81.7 Å². The Morgan fingerprint density at radius 3 is 2.75 bits per heavy atom. The van der Waals surface area contributed by atoms with Crippen molar-refractivity contribution in [3.8, 4) is 0 Å². The molecule has 1 aromatic carbocycles. The Balaban J connectivity index is 2.86. The third kappa shape index (κ3) is 2.22. The molecule has 0 saturated heterocycles. The lowest BCUT2D eigenvalue weighted by Gasteiger charge is -2.09. The molecule has 0 spiro atoms. The molecule has 0 aliphatic rings. The zero-order valence-electron chi connectivity index (χ0n) is 7.26. The summed E-state index contributed by atoms with van der Waals surface area (Å²) in [5.74, 6) is 0. The van der Waals surface area contributed by atoms with Gasteiger partial charge >= 0.3 is 0 Å². The Bertz CT molecular complexity index is 270. The van der Waals surface area contributed by atoms with E-state index < -0.39 is 0 Å². The molecule has 2 heteroatoms. The van der Waals surface area contributed by atoms with Gasteiger partial charge in [-0.2, -0.15) is 0 Å². The summed E-state index contributed by atoms with van der Waals surface area (Å²) >= 11 is 6.16. The standard InChI is InChI=1S/C10H13ClSi/c1-2-5-9(11)8-6-3-4-7-10(8)12/h2-4,6-7,9H,1,5H2,12H3. The second kappa shape index (κ2) is 4.48. The molecule has 0 aromatic heterocycles. The van der Waals surface area contributed by atoms with Gasteiger partial charge in [-0.25, -0.2) is 0 Å². The Hall–Kier alpha value is -0.533. The normalized spacial score (nSPS) is 12.8. The quantitative estimate of drug-likeness (QED) is 0.391. The molecule has 0 heterocycles. The van der Waals surface area contributed by atoms with E-state index in [9.17, 15) is 0 Å². The van der Waals surface area contributed by atoms with E-state index in [1.165, 1.54) is 10.8 Å². The largest absolute Gasteiger partial charge is 0.117 e. The van der Waals surface area contributed by atoms with Crippen LogP contribution in [0.2, 0.25) is 0 Å². The first-order valence-corrected chi connectivity index (χ1v) is 5.50. The summed E-state index contributed by atoms with van der Waals surface area (Å²) in [4.78, 5) is 0. The predicted octanol–water partition coefficient (Wildman–Crippen LogP) is 1.53. The third-order valence-electron chi connectivity index (χ3n) is 1.90. The van der Waals surface area contributed by atoms with E-state index in [2.05, 4.69) is 24.8 Å². The van der Waals surface area contributed by atoms with Crippen LogP contribution in [-0.4, -0.2) is 10.2 Å². The zero-order valence-corrected chi connectivity index (χ0v) is 10.0. The number of alkyl halides is 1. The first-order chi connectivity index (χ1) is 5.75. The fraction of sp³-hybridized carbons (Fsp3) is 0.200. The van der Waals surface area contributed by atoms with Crippen LogP contribution in [0.25, 0.3) is 0 Å². The summed E-state index contributed by atoms with van der Waals surface area (Å²) in [5.41, 5.74) is 1.27. The van der Waals surface area contributed by atoms with E-state index in [0.717, 1.165) is 16.7 Å². The molecular weight excluding hydrogens is 184 g/mol. The number of rotatable bonds is 3. The van der Waals surface area contributed by atoms with Crippen LogP contribution in [-0.2, 0) is 0 Å². The minimum absolute atomic E-state index is 0.108. The van der Waals surface area contributed by atoms with Gasteiger partial charge in [0.2, 0.25) is 0 Å². The van der Waals surface area contributed by atoms with Gasteiger partial charge in [-0.05, 0) is 12.0 Å². The molecule has 0 nitrogen and oxygen atoms in total. The molecule has 0 amide bonds. The Morgan fingerprint density at radius 2 is 2.17 bits per heavy atom. The molecule has 1 aromatic rings. The van der Waals surface area contributed by atoms with Crippen molar-refractivity contribution in [3.05, 3.63) is 42.5 Å². The van der Waals surface area contributed by atoms with Crippen molar-refractivity contribution in [2.24, 2.45) is 0 Å². The SMILES string of the molecule is C=CCC(Cl)c1ccccc1[SiH3]. The molecule has 0 N–H and O–H groups in total. The smallest absolute Gasteiger partial charge is 0.0618 e. The fourth-order valence-electron chi connectivity index (χ4n) is 1.21. The van der Waals surface area contributed by atoms with Gasteiger partial charge in [0.25, 0.3) is 0 Å². The number of hydrogen-bond donors (Lipinski definition) is 0. The van der Waals surface area contributed by atoms with Crippen LogP contribution in [0.4, 0.5) is 0 Å². The van der Waals surface area contributed by atoms with Crippen LogP contribution in [0.3, 0.4) is 0 Å². The monoisotopic (exact) mass is 196 g/mol. The summed E-state index contributed by atoms with van der Waals surface area (Å²) in [6.07, 6.45) is 2.71. The van der Waals surface area contributed by atoms with E-state index >= 15 is 0 Å². The molecule has 0 aliphatic carbocycles. The lowest BCUT2D eigenvalue weighted by Crippen LogP contribution is -2.10. The first-order valence-electron chi connectivity index (χ1n) is 4.06. The van der Waals surface area contributed by atoms with Gasteiger partial charge in [-0.3, -0.25) is 0 Å². The molecule has 1 rings (SSSR count). The molecule has 64 valence electrons. The Morgan fingerprint density at radius 1 is 1.50 bits per heavy atom. The minimum Gasteiger partial charge on any atom is -0.117 e. The number of benzene rings is 1. The van der Waals surface area contributed by atoms with Gasteiger partial charge in [0, 0.05) is 10.2 Å². The lowest BCUT2D eigenvalue weighted by molar-refractivity contribution is 0.966. The molecule has 0 aliphatic heterocycles. The average Bonchev–Trinajstić information content (AvgIpc) is 2.05. The number of allylic oxidation sites excluding steroid dienone is 1. The van der Waals surface area contributed by atoms with Crippen molar-refractivity contribution in [1.82, 2.24) is 0 Å². The van der Waals surface area contributed by atoms with Gasteiger partial charge < -0.3 is 0 Å². The first kappa shape index (κ1) is 9.55. The predicted molar refractivity (Wildman–Crippen MR) is 59.4 cm³/mol. The molecule has 0 fully saturated rings. The number of halogens is 1. The summed E-state index contributed by atoms with van der Waals surface area (Å²) in [7, 11) is 1.06. The zero-order chi connectivity index (χ0) is 8.97. The van der Waals surface area contributed by atoms with Crippen LogP contribution in [0, 0.1) is 0 Å². The second-order valence-electron chi connectivity index (χ2n) is 2.85. The van der Waals surface area contributed by atoms with Crippen molar-refractivity contribution in [2.75, 3.05) is 0 Å². The van der Waals surface area contributed by atoms with E-state index in [1.807, 2.05) is 12.1 Å². The minimum atomic E-state index is 0.108. The number of hydrogen-bond acceptors (Lipinski definition) is 0. The lowest BCUT2D eigenvalue weighted by atomic mass is 10.1. The summed E-state index contributed by atoms with van der Waals surface area (Å²) in [5, 5.41) is 1.50. The second-order valence-corrected chi connectivity index (χ2v) is 4.45. The maximum Gasteiger partial charge on any atom is 0.0618 e. The van der Waals surface area contributed by atoms with Gasteiger partial charge in [-0.1, -0.05) is 35.5 Å². The molecule has 0 radical (unpaired) electrons. The van der Waals surface area contributed by atoms with Crippen LogP contribution >= 0.6 is 11.6 Å². The molecule has 1 unspecified atom stereocenters. The van der Waals surface area contributed by atoms with Gasteiger partial charge in [0.05, 0.1) is 5.38 Å². The van der Waals surface area contributed by atoms with E-state index in [-0.39, 0.29) is 5.38 Å². The van der Waals surface area contributed by atoms with Crippen LogP contribution < -0.4 is 5.19 Å². The maximum absolute atomic E-state index is 6.16. The Kier molecular flexibility index (Phi) is 3.57. The topological polar surface area (TPSA) is 0 Å². The van der Waals surface area contributed by atoms with Crippen molar-refractivity contribution >= 4 is 27.0 Å². The summed E-state index contributed by atoms with van der Waals surface area (Å²) in [6.45, 7) is 3.68. The van der Waals surface area contributed by atoms with Gasteiger partial charge in [0.15, 0.2) is 0 Å². The van der Waals surface area contributed by atoms with Gasteiger partial charge in [-0.15, -0.1) is 18.2 Å².